The molecule has 0 fully saturated rings. The van der Waals surface area contributed by atoms with Gasteiger partial charge in [0.2, 0.25) is 0 Å². The predicted octanol–water partition coefficient (Wildman–Crippen LogP) is 6.58. The molecular formula is C25H21N. The molecule has 0 aliphatic heterocycles. The first-order chi connectivity index (χ1) is 12.7. The Balaban J connectivity index is 1.97. The Morgan fingerprint density at radius 3 is 1.50 bits per heavy atom. The molecule has 1 heteroatoms. The maximum Gasteiger partial charge on any atom is 0.0314 e. The minimum Gasteiger partial charge on any atom is -0.399 e. The van der Waals surface area contributed by atoms with Crippen molar-refractivity contribution >= 4 is 5.69 Å². The lowest BCUT2D eigenvalue weighted by molar-refractivity contribution is 1.44. The minimum atomic E-state index is 0.786. The van der Waals surface area contributed by atoms with Gasteiger partial charge in [0.05, 0.1) is 0 Å². The first-order valence-corrected chi connectivity index (χ1v) is 8.84. The topological polar surface area (TPSA) is 26.0 Å². The van der Waals surface area contributed by atoms with Crippen molar-refractivity contribution in [2.45, 2.75) is 6.92 Å². The van der Waals surface area contributed by atoms with Crippen LogP contribution >= 0.6 is 0 Å². The van der Waals surface area contributed by atoms with Crippen LogP contribution in [-0.2, 0) is 0 Å². The van der Waals surface area contributed by atoms with E-state index in [-0.39, 0.29) is 0 Å². The molecule has 0 heterocycles. The van der Waals surface area contributed by atoms with Gasteiger partial charge in [0.15, 0.2) is 0 Å². The summed E-state index contributed by atoms with van der Waals surface area (Å²) in [6, 6.07) is 33.8. The van der Waals surface area contributed by atoms with Crippen LogP contribution in [0.1, 0.15) is 5.56 Å². The maximum absolute atomic E-state index is 5.88. The summed E-state index contributed by atoms with van der Waals surface area (Å²) < 4.78 is 0. The first-order valence-electron chi connectivity index (χ1n) is 8.84. The fourth-order valence-corrected chi connectivity index (χ4v) is 3.39. The van der Waals surface area contributed by atoms with Crippen LogP contribution in [0.25, 0.3) is 33.4 Å². The summed E-state index contributed by atoms with van der Waals surface area (Å²) in [5.74, 6) is 0. The fraction of sp³-hybridized carbons (Fsp3) is 0.0400. The van der Waals surface area contributed by atoms with Crippen LogP contribution in [0.5, 0.6) is 0 Å². The van der Waals surface area contributed by atoms with Gasteiger partial charge >= 0.3 is 0 Å². The van der Waals surface area contributed by atoms with E-state index in [4.69, 9.17) is 5.73 Å². The zero-order valence-electron chi connectivity index (χ0n) is 14.8. The van der Waals surface area contributed by atoms with Crippen molar-refractivity contribution in [1.82, 2.24) is 0 Å². The number of anilines is 1. The molecule has 0 aliphatic carbocycles. The molecule has 4 aromatic rings. The monoisotopic (exact) mass is 335 g/mol. The van der Waals surface area contributed by atoms with Crippen LogP contribution in [0.15, 0.2) is 97.1 Å². The van der Waals surface area contributed by atoms with Crippen molar-refractivity contribution in [1.29, 1.82) is 0 Å². The van der Waals surface area contributed by atoms with Gasteiger partial charge in [-0.2, -0.15) is 0 Å². The van der Waals surface area contributed by atoms with Gasteiger partial charge in [-0.05, 0) is 70.1 Å². The summed E-state index contributed by atoms with van der Waals surface area (Å²) in [6.45, 7) is 2.20. The summed E-state index contributed by atoms with van der Waals surface area (Å²) in [5, 5.41) is 0. The van der Waals surface area contributed by atoms with Gasteiger partial charge in [0, 0.05) is 5.69 Å². The zero-order valence-corrected chi connectivity index (χ0v) is 14.8. The van der Waals surface area contributed by atoms with Crippen molar-refractivity contribution in [2.75, 3.05) is 5.73 Å². The van der Waals surface area contributed by atoms with Gasteiger partial charge in [0.25, 0.3) is 0 Å². The van der Waals surface area contributed by atoms with Crippen molar-refractivity contribution in [3.8, 4) is 33.4 Å². The molecule has 0 saturated heterocycles. The van der Waals surface area contributed by atoms with E-state index in [0.717, 1.165) is 5.69 Å². The standard InChI is InChI=1S/C25H21N/c1-18-24(20-10-6-3-7-11-20)16-22(19-8-4-2-5-9-19)17-25(18)21-12-14-23(26)15-13-21/h2-17H,26H2,1H3. The lowest BCUT2D eigenvalue weighted by Crippen LogP contribution is -1.92. The lowest BCUT2D eigenvalue weighted by Gasteiger charge is -2.16. The van der Waals surface area contributed by atoms with Gasteiger partial charge in [-0.15, -0.1) is 0 Å². The Morgan fingerprint density at radius 1 is 0.500 bits per heavy atom. The second-order valence-corrected chi connectivity index (χ2v) is 6.55. The van der Waals surface area contributed by atoms with Crippen LogP contribution in [0.2, 0.25) is 0 Å². The number of benzene rings is 4. The number of hydrogen-bond acceptors (Lipinski definition) is 1. The molecule has 1 nitrogen and oxygen atoms in total. The summed E-state index contributed by atoms with van der Waals surface area (Å²) in [6.07, 6.45) is 0. The van der Waals surface area contributed by atoms with E-state index in [9.17, 15) is 0 Å². The normalized spacial score (nSPS) is 10.7. The minimum absolute atomic E-state index is 0.786. The highest BCUT2D eigenvalue weighted by molar-refractivity contribution is 5.85. The van der Waals surface area contributed by atoms with Gasteiger partial charge in [-0.1, -0.05) is 72.8 Å². The molecule has 0 aromatic heterocycles. The van der Waals surface area contributed by atoms with Crippen molar-refractivity contribution < 1.29 is 0 Å². The average molecular weight is 335 g/mol. The van der Waals surface area contributed by atoms with E-state index in [0.29, 0.717) is 0 Å². The molecule has 0 unspecified atom stereocenters. The quantitative estimate of drug-likeness (QED) is 0.421. The van der Waals surface area contributed by atoms with Crippen molar-refractivity contribution in [2.24, 2.45) is 0 Å². The highest BCUT2D eigenvalue weighted by Gasteiger charge is 2.12. The Kier molecular flexibility index (Phi) is 4.28. The maximum atomic E-state index is 5.88. The van der Waals surface area contributed by atoms with E-state index in [1.807, 2.05) is 12.1 Å². The largest absolute Gasteiger partial charge is 0.399 e. The highest BCUT2D eigenvalue weighted by Crippen LogP contribution is 2.36. The van der Waals surface area contributed by atoms with Crippen LogP contribution in [-0.4, -0.2) is 0 Å². The van der Waals surface area contributed by atoms with Gasteiger partial charge in [-0.3, -0.25) is 0 Å². The van der Waals surface area contributed by atoms with E-state index in [1.54, 1.807) is 0 Å². The average Bonchev–Trinajstić information content (AvgIpc) is 2.70. The van der Waals surface area contributed by atoms with Crippen LogP contribution < -0.4 is 5.73 Å². The van der Waals surface area contributed by atoms with Gasteiger partial charge < -0.3 is 5.73 Å². The smallest absolute Gasteiger partial charge is 0.0314 e. The van der Waals surface area contributed by atoms with Crippen molar-refractivity contribution in [3.05, 3.63) is 103 Å². The molecule has 0 amide bonds. The van der Waals surface area contributed by atoms with Crippen LogP contribution in [0.3, 0.4) is 0 Å². The Bertz CT molecular complexity index is 1020. The molecule has 4 aromatic carbocycles. The molecule has 0 saturated carbocycles. The molecule has 26 heavy (non-hydrogen) atoms. The number of hydrogen-bond donors (Lipinski definition) is 1. The third-order valence-electron chi connectivity index (χ3n) is 4.82. The second kappa shape index (κ2) is 6.89. The van der Waals surface area contributed by atoms with E-state index < -0.39 is 0 Å². The highest BCUT2D eigenvalue weighted by atomic mass is 14.5. The van der Waals surface area contributed by atoms with E-state index >= 15 is 0 Å². The number of nitrogen functional groups attached to an aromatic ring is 1. The molecule has 0 radical (unpaired) electrons. The van der Waals surface area contributed by atoms with Crippen molar-refractivity contribution in [3.63, 3.8) is 0 Å². The van der Waals surface area contributed by atoms with E-state index in [1.165, 1.54) is 38.9 Å². The fourth-order valence-electron chi connectivity index (χ4n) is 3.39. The lowest BCUT2D eigenvalue weighted by atomic mass is 9.88. The number of rotatable bonds is 3. The molecule has 0 aliphatic rings. The van der Waals surface area contributed by atoms with E-state index in [2.05, 4.69) is 91.9 Å². The molecule has 126 valence electrons. The van der Waals surface area contributed by atoms with Gasteiger partial charge in [-0.25, -0.2) is 0 Å². The Morgan fingerprint density at radius 2 is 0.962 bits per heavy atom. The SMILES string of the molecule is Cc1c(-c2ccccc2)cc(-c2ccccc2)cc1-c1ccc(N)cc1. The third kappa shape index (κ3) is 3.12. The molecule has 4 rings (SSSR count). The summed E-state index contributed by atoms with van der Waals surface area (Å²) in [5.41, 5.74) is 15.3. The molecule has 2 N–H and O–H groups in total. The second-order valence-electron chi connectivity index (χ2n) is 6.55. The molecule has 0 atom stereocenters. The van der Waals surface area contributed by atoms with Crippen LogP contribution in [0.4, 0.5) is 5.69 Å². The summed E-state index contributed by atoms with van der Waals surface area (Å²) >= 11 is 0. The summed E-state index contributed by atoms with van der Waals surface area (Å²) in [4.78, 5) is 0. The zero-order chi connectivity index (χ0) is 17.9. The van der Waals surface area contributed by atoms with Gasteiger partial charge in [0.1, 0.15) is 0 Å². The Labute approximate surface area is 154 Å². The first kappa shape index (κ1) is 16.2. The van der Waals surface area contributed by atoms with Crippen LogP contribution in [0, 0.1) is 6.92 Å². The molecule has 0 spiro atoms. The molecule has 0 bridgehead atoms. The third-order valence-corrected chi connectivity index (χ3v) is 4.82. The predicted molar refractivity (Wildman–Crippen MR) is 112 cm³/mol. The number of nitrogens with two attached hydrogens (primary N) is 1. The molecular weight excluding hydrogens is 314 g/mol. The Hall–Kier alpha value is -3.32. The summed E-state index contributed by atoms with van der Waals surface area (Å²) in [7, 11) is 0.